The number of piperidine rings is 1. The molecule has 2 fully saturated rings. The van der Waals surface area contributed by atoms with Gasteiger partial charge in [0.1, 0.15) is 5.82 Å². The third-order valence-corrected chi connectivity index (χ3v) is 5.64. The minimum Gasteiger partial charge on any atom is -0.354 e. The minimum absolute atomic E-state index is 0.919. The summed E-state index contributed by atoms with van der Waals surface area (Å²) in [5, 5.41) is 0. The molecule has 2 aliphatic heterocycles. The van der Waals surface area contributed by atoms with E-state index in [-0.39, 0.29) is 0 Å². The molecule has 0 atom stereocenters. The summed E-state index contributed by atoms with van der Waals surface area (Å²) < 4.78 is 0. The highest BCUT2D eigenvalue weighted by Crippen LogP contribution is 2.21. The Kier molecular flexibility index (Phi) is 6.22. The van der Waals surface area contributed by atoms with Gasteiger partial charge in [-0.1, -0.05) is 42.5 Å². The fourth-order valence-electron chi connectivity index (χ4n) is 4.00. The van der Waals surface area contributed by atoms with Crippen molar-refractivity contribution in [3.05, 3.63) is 53.7 Å². The lowest BCUT2D eigenvalue weighted by Gasteiger charge is -2.35. The molecule has 0 saturated carbocycles. The standard InChI is InChI=1S/C23H31N5/c1-20-19-22(25-23(24-20)28-13-6-3-7-14-28)27-17-15-26(16-18-27)12-8-11-21-9-4-2-5-10-21/h2,4-5,8-11,19H,3,6-7,12-18H2,1H3/b11-8+. The molecule has 1 aromatic heterocycles. The summed E-state index contributed by atoms with van der Waals surface area (Å²) in [6.45, 7) is 9.45. The molecule has 2 saturated heterocycles. The minimum atomic E-state index is 0.919. The first-order chi connectivity index (χ1) is 13.8. The molecule has 4 rings (SSSR count). The Labute approximate surface area is 168 Å². The smallest absolute Gasteiger partial charge is 0.227 e. The summed E-state index contributed by atoms with van der Waals surface area (Å²) in [6.07, 6.45) is 8.32. The average Bonchev–Trinajstić information content (AvgIpc) is 2.75. The van der Waals surface area contributed by atoms with E-state index < -0.39 is 0 Å². The van der Waals surface area contributed by atoms with E-state index in [4.69, 9.17) is 9.97 Å². The van der Waals surface area contributed by atoms with Crippen LogP contribution in [0.3, 0.4) is 0 Å². The third kappa shape index (κ3) is 4.90. The second-order valence-corrected chi connectivity index (χ2v) is 7.82. The zero-order valence-corrected chi connectivity index (χ0v) is 16.9. The fraction of sp³-hybridized carbons (Fsp3) is 0.478. The molecule has 1 aromatic carbocycles. The largest absolute Gasteiger partial charge is 0.354 e. The third-order valence-electron chi connectivity index (χ3n) is 5.64. The maximum absolute atomic E-state index is 4.92. The van der Waals surface area contributed by atoms with E-state index in [1.54, 1.807) is 0 Å². The van der Waals surface area contributed by atoms with Crippen molar-refractivity contribution in [2.45, 2.75) is 26.2 Å². The van der Waals surface area contributed by atoms with Crippen LogP contribution >= 0.6 is 0 Å². The molecule has 0 aliphatic carbocycles. The molecule has 2 aromatic rings. The van der Waals surface area contributed by atoms with Crippen molar-refractivity contribution < 1.29 is 0 Å². The number of benzene rings is 1. The SMILES string of the molecule is Cc1cc(N2CCN(C/C=C/c3ccccc3)CC2)nc(N2CCCCC2)n1. The van der Waals surface area contributed by atoms with Crippen LogP contribution in [0.25, 0.3) is 6.08 Å². The Balaban J connectivity index is 1.33. The first-order valence-corrected chi connectivity index (χ1v) is 10.6. The molecule has 0 radical (unpaired) electrons. The van der Waals surface area contributed by atoms with Crippen molar-refractivity contribution in [3.63, 3.8) is 0 Å². The maximum Gasteiger partial charge on any atom is 0.227 e. The van der Waals surface area contributed by atoms with Crippen molar-refractivity contribution in [2.24, 2.45) is 0 Å². The molecular weight excluding hydrogens is 346 g/mol. The number of piperazine rings is 1. The van der Waals surface area contributed by atoms with Crippen LogP contribution < -0.4 is 9.80 Å². The zero-order valence-electron chi connectivity index (χ0n) is 16.9. The first-order valence-electron chi connectivity index (χ1n) is 10.6. The number of rotatable bonds is 5. The number of hydrogen-bond donors (Lipinski definition) is 0. The summed E-state index contributed by atoms with van der Waals surface area (Å²) in [7, 11) is 0. The van der Waals surface area contributed by atoms with Gasteiger partial charge in [-0.15, -0.1) is 0 Å². The summed E-state index contributed by atoms with van der Waals surface area (Å²) in [4.78, 5) is 16.9. The Hall–Kier alpha value is -2.40. The fourth-order valence-corrected chi connectivity index (χ4v) is 4.00. The van der Waals surface area contributed by atoms with E-state index in [0.717, 1.165) is 63.3 Å². The molecule has 2 aliphatic rings. The van der Waals surface area contributed by atoms with Gasteiger partial charge in [0, 0.05) is 57.6 Å². The van der Waals surface area contributed by atoms with Gasteiger partial charge in [0.2, 0.25) is 5.95 Å². The van der Waals surface area contributed by atoms with Gasteiger partial charge >= 0.3 is 0 Å². The lowest BCUT2D eigenvalue weighted by molar-refractivity contribution is 0.283. The molecule has 0 amide bonds. The monoisotopic (exact) mass is 377 g/mol. The number of aryl methyl sites for hydroxylation is 1. The van der Waals surface area contributed by atoms with Gasteiger partial charge in [0.25, 0.3) is 0 Å². The molecule has 148 valence electrons. The molecule has 28 heavy (non-hydrogen) atoms. The van der Waals surface area contributed by atoms with Gasteiger partial charge in [-0.05, 0) is 31.7 Å². The highest BCUT2D eigenvalue weighted by molar-refractivity contribution is 5.49. The van der Waals surface area contributed by atoms with Crippen LogP contribution in [0.4, 0.5) is 11.8 Å². The van der Waals surface area contributed by atoms with Crippen LogP contribution in [0.15, 0.2) is 42.5 Å². The number of aromatic nitrogens is 2. The Morgan fingerprint density at radius 1 is 0.857 bits per heavy atom. The number of anilines is 2. The number of nitrogens with zero attached hydrogens (tertiary/aromatic N) is 5. The molecular formula is C23H31N5. The van der Waals surface area contributed by atoms with Crippen LogP contribution in [0.1, 0.15) is 30.5 Å². The Bertz CT molecular complexity index is 775. The van der Waals surface area contributed by atoms with Crippen LogP contribution in [-0.4, -0.2) is 60.7 Å². The second-order valence-electron chi connectivity index (χ2n) is 7.82. The predicted octanol–water partition coefficient (Wildman–Crippen LogP) is 3.61. The topological polar surface area (TPSA) is 35.5 Å². The van der Waals surface area contributed by atoms with Gasteiger partial charge in [0.05, 0.1) is 0 Å². The normalized spacial score (nSPS) is 18.8. The lowest BCUT2D eigenvalue weighted by atomic mass is 10.1. The van der Waals surface area contributed by atoms with Crippen LogP contribution in [0, 0.1) is 6.92 Å². The van der Waals surface area contributed by atoms with Crippen molar-refractivity contribution in [2.75, 3.05) is 55.6 Å². The second kappa shape index (κ2) is 9.20. The Morgan fingerprint density at radius 3 is 2.36 bits per heavy atom. The summed E-state index contributed by atoms with van der Waals surface area (Å²) >= 11 is 0. The highest BCUT2D eigenvalue weighted by atomic mass is 15.3. The van der Waals surface area contributed by atoms with Crippen LogP contribution in [-0.2, 0) is 0 Å². The quantitative estimate of drug-likeness (QED) is 0.795. The molecule has 0 unspecified atom stereocenters. The predicted molar refractivity (Wildman–Crippen MR) is 117 cm³/mol. The van der Waals surface area contributed by atoms with Crippen molar-refractivity contribution in [1.82, 2.24) is 14.9 Å². The Morgan fingerprint density at radius 2 is 1.61 bits per heavy atom. The van der Waals surface area contributed by atoms with Crippen LogP contribution in [0.5, 0.6) is 0 Å². The highest BCUT2D eigenvalue weighted by Gasteiger charge is 2.20. The van der Waals surface area contributed by atoms with Gasteiger partial charge in [-0.2, -0.15) is 4.98 Å². The maximum atomic E-state index is 4.92. The summed E-state index contributed by atoms with van der Waals surface area (Å²) in [6, 6.07) is 12.7. The van der Waals surface area contributed by atoms with Crippen molar-refractivity contribution in [1.29, 1.82) is 0 Å². The van der Waals surface area contributed by atoms with Gasteiger partial charge in [-0.25, -0.2) is 4.98 Å². The lowest BCUT2D eigenvalue weighted by Crippen LogP contribution is -2.46. The molecule has 5 nitrogen and oxygen atoms in total. The molecule has 0 N–H and O–H groups in total. The zero-order chi connectivity index (χ0) is 19.2. The average molecular weight is 378 g/mol. The molecule has 3 heterocycles. The van der Waals surface area contributed by atoms with E-state index in [9.17, 15) is 0 Å². The van der Waals surface area contributed by atoms with Gasteiger partial charge < -0.3 is 9.80 Å². The van der Waals surface area contributed by atoms with E-state index in [2.05, 4.69) is 70.2 Å². The van der Waals surface area contributed by atoms with E-state index in [1.807, 2.05) is 0 Å². The first kappa shape index (κ1) is 18.9. The molecule has 5 heteroatoms. The molecule has 0 bridgehead atoms. The van der Waals surface area contributed by atoms with Crippen LogP contribution in [0.2, 0.25) is 0 Å². The van der Waals surface area contributed by atoms with Crippen molar-refractivity contribution in [3.8, 4) is 0 Å². The summed E-state index contributed by atoms with van der Waals surface area (Å²) in [5.74, 6) is 2.01. The molecule has 0 spiro atoms. The summed E-state index contributed by atoms with van der Waals surface area (Å²) in [5.41, 5.74) is 2.33. The van der Waals surface area contributed by atoms with Gasteiger partial charge in [0.15, 0.2) is 0 Å². The van der Waals surface area contributed by atoms with E-state index in [1.165, 1.54) is 24.8 Å². The van der Waals surface area contributed by atoms with E-state index >= 15 is 0 Å². The van der Waals surface area contributed by atoms with Crippen molar-refractivity contribution >= 4 is 17.8 Å². The van der Waals surface area contributed by atoms with E-state index in [0.29, 0.717) is 0 Å². The van der Waals surface area contributed by atoms with Gasteiger partial charge in [-0.3, -0.25) is 4.90 Å². The number of hydrogen-bond acceptors (Lipinski definition) is 5.